The number of halogens is 1. The fourth-order valence-electron chi connectivity index (χ4n) is 1.26. The molecule has 0 spiro atoms. The molecule has 0 atom stereocenters. The van der Waals surface area contributed by atoms with Crippen LogP contribution < -0.4 is 16.2 Å². The number of aromatic nitrogens is 2. The number of nitrogens with one attached hydrogen (secondary N) is 2. The summed E-state index contributed by atoms with van der Waals surface area (Å²) in [7, 11) is 1.86. The Hall–Kier alpha value is -1.07. The molecule has 1 heterocycles. The maximum atomic E-state index is 11.8. The van der Waals surface area contributed by atoms with Crippen molar-refractivity contribution in [1.29, 1.82) is 0 Å². The second kappa shape index (κ2) is 5.86. The van der Waals surface area contributed by atoms with Crippen LogP contribution in [0.5, 0.6) is 0 Å². The third-order valence-electron chi connectivity index (χ3n) is 2.12. The van der Waals surface area contributed by atoms with Crippen LogP contribution in [-0.4, -0.2) is 29.9 Å². The van der Waals surface area contributed by atoms with Crippen molar-refractivity contribution >= 4 is 17.3 Å². The second-order valence-corrected chi connectivity index (χ2v) is 4.12. The largest absolute Gasteiger partial charge is 0.381 e. The Morgan fingerprint density at radius 3 is 2.75 bits per heavy atom. The van der Waals surface area contributed by atoms with E-state index in [0.717, 1.165) is 6.54 Å². The summed E-state index contributed by atoms with van der Waals surface area (Å²) in [6, 6.07) is 0.0105. The Kier molecular flexibility index (Phi) is 4.76. The van der Waals surface area contributed by atoms with E-state index in [4.69, 9.17) is 11.6 Å². The maximum absolute atomic E-state index is 11.8. The number of hydrogen-bond acceptors (Lipinski definition) is 4. The molecule has 0 fully saturated rings. The molecule has 1 aromatic rings. The summed E-state index contributed by atoms with van der Waals surface area (Å²) in [5.74, 6) is 0. The highest BCUT2D eigenvalue weighted by molar-refractivity contribution is 6.32. The summed E-state index contributed by atoms with van der Waals surface area (Å²) >= 11 is 5.97. The highest BCUT2D eigenvalue weighted by Gasteiger charge is 2.10. The monoisotopic (exact) mass is 244 g/mol. The highest BCUT2D eigenvalue weighted by atomic mass is 35.5. The van der Waals surface area contributed by atoms with E-state index < -0.39 is 0 Å². The third kappa shape index (κ3) is 2.96. The summed E-state index contributed by atoms with van der Waals surface area (Å²) in [5, 5.41) is 10.3. The van der Waals surface area contributed by atoms with Crippen molar-refractivity contribution in [2.75, 3.05) is 25.5 Å². The van der Waals surface area contributed by atoms with Gasteiger partial charge in [-0.25, -0.2) is 4.68 Å². The number of hydrogen-bond donors (Lipinski definition) is 2. The van der Waals surface area contributed by atoms with Gasteiger partial charge in [0.15, 0.2) is 0 Å². The lowest BCUT2D eigenvalue weighted by Crippen LogP contribution is -2.26. The van der Waals surface area contributed by atoms with E-state index in [0.29, 0.717) is 12.2 Å². The smallest absolute Gasteiger partial charge is 0.287 e. The Bertz CT molecular complexity index is 402. The Morgan fingerprint density at radius 2 is 2.19 bits per heavy atom. The van der Waals surface area contributed by atoms with Crippen LogP contribution >= 0.6 is 11.6 Å². The van der Waals surface area contributed by atoms with Gasteiger partial charge in [-0.3, -0.25) is 4.79 Å². The first kappa shape index (κ1) is 13.0. The zero-order valence-electron chi connectivity index (χ0n) is 9.75. The van der Waals surface area contributed by atoms with Gasteiger partial charge in [0.2, 0.25) is 0 Å². The van der Waals surface area contributed by atoms with E-state index >= 15 is 0 Å². The average Bonchev–Trinajstić information content (AvgIpc) is 2.24. The lowest BCUT2D eigenvalue weighted by atomic mass is 10.4. The summed E-state index contributed by atoms with van der Waals surface area (Å²) in [6.07, 6.45) is 1.58. The summed E-state index contributed by atoms with van der Waals surface area (Å²) < 4.78 is 1.37. The van der Waals surface area contributed by atoms with Crippen molar-refractivity contribution in [3.8, 4) is 0 Å². The minimum absolute atomic E-state index is 0.0105. The van der Waals surface area contributed by atoms with Gasteiger partial charge < -0.3 is 10.6 Å². The number of rotatable bonds is 5. The van der Waals surface area contributed by atoms with Crippen LogP contribution in [0.15, 0.2) is 11.0 Å². The Labute approximate surface area is 99.8 Å². The van der Waals surface area contributed by atoms with Gasteiger partial charge in [0.25, 0.3) is 5.56 Å². The van der Waals surface area contributed by atoms with Crippen LogP contribution in [0.4, 0.5) is 5.69 Å². The van der Waals surface area contributed by atoms with Gasteiger partial charge in [0.05, 0.1) is 17.9 Å². The van der Waals surface area contributed by atoms with Crippen molar-refractivity contribution in [2.24, 2.45) is 0 Å². The van der Waals surface area contributed by atoms with E-state index in [-0.39, 0.29) is 16.6 Å². The van der Waals surface area contributed by atoms with E-state index in [1.807, 2.05) is 20.9 Å². The van der Waals surface area contributed by atoms with Crippen LogP contribution in [0.2, 0.25) is 5.02 Å². The van der Waals surface area contributed by atoms with E-state index in [1.54, 1.807) is 6.20 Å². The third-order valence-corrected chi connectivity index (χ3v) is 2.49. The molecule has 0 bridgehead atoms. The molecule has 0 saturated carbocycles. The van der Waals surface area contributed by atoms with Gasteiger partial charge in [0.1, 0.15) is 5.02 Å². The number of nitrogens with zero attached hydrogens (tertiary/aromatic N) is 2. The molecule has 1 aromatic heterocycles. The molecule has 0 aliphatic rings. The molecule has 0 aromatic carbocycles. The summed E-state index contributed by atoms with van der Waals surface area (Å²) in [4.78, 5) is 11.8. The molecule has 0 saturated heterocycles. The normalized spacial score (nSPS) is 10.8. The van der Waals surface area contributed by atoms with Gasteiger partial charge in [0, 0.05) is 13.1 Å². The van der Waals surface area contributed by atoms with Crippen molar-refractivity contribution in [3.63, 3.8) is 0 Å². The minimum Gasteiger partial charge on any atom is -0.381 e. The molecular weight excluding hydrogens is 228 g/mol. The molecule has 0 radical (unpaired) electrons. The molecule has 5 nitrogen and oxygen atoms in total. The van der Waals surface area contributed by atoms with Gasteiger partial charge in [-0.15, -0.1) is 0 Å². The van der Waals surface area contributed by atoms with E-state index in [9.17, 15) is 4.79 Å². The topological polar surface area (TPSA) is 59.0 Å². The molecule has 2 N–H and O–H groups in total. The zero-order valence-corrected chi connectivity index (χ0v) is 10.5. The van der Waals surface area contributed by atoms with Crippen molar-refractivity contribution in [2.45, 2.75) is 19.9 Å². The van der Waals surface area contributed by atoms with Crippen LogP contribution in [0.3, 0.4) is 0 Å². The van der Waals surface area contributed by atoms with Gasteiger partial charge >= 0.3 is 0 Å². The maximum Gasteiger partial charge on any atom is 0.287 e. The first-order valence-corrected chi connectivity index (χ1v) is 5.61. The Balaban J connectivity index is 2.90. The van der Waals surface area contributed by atoms with Gasteiger partial charge in [-0.2, -0.15) is 5.10 Å². The van der Waals surface area contributed by atoms with Crippen LogP contribution in [0.25, 0.3) is 0 Å². The first-order valence-electron chi connectivity index (χ1n) is 5.23. The average molecular weight is 245 g/mol. The Morgan fingerprint density at radius 1 is 1.50 bits per heavy atom. The standard InChI is InChI=1S/C10H17ClN4O/c1-7(2)15-10(16)9(11)8(6-14-15)13-5-4-12-3/h6-7,12-13H,4-5H2,1-3H3. The molecule has 0 unspecified atom stereocenters. The zero-order chi connectivity index (χ0) is 12.1. The highest BCUT2D eigenvalue weighted by Crippen LogP contribution is 2.15. The number of anilines is 1. The summed E-state index contributed by atoms with van der Waals surface area (Å²) in [6.45, 7) is 5.27. The quantitative estimate of drug-likeness (QED) is 0.762. The lowest BCUT2D eigenvalue weighted by Gasteiger charge is -2.11. The molecular formula is C10H17ClN4O. The van der Waals surface area contributed by atoms with Crippen molar-refractivity contribution in [3.05, 3.63) is 21.6 Å². The van der Waals surface area contributed by atoms with Crippen molar-refractivity contribution in [1.82, 2.24) is 15.1 Å². The second-order valence-electron chi connectivity index (χ2n) is 3.75. The van der Waals surface area contributed by atoms with Crippen LogP contribution in [0, 0.1) is 0 Å². The molecule has 0 amide bonds. The summed E-state index contributed by atoms with van der Waals surface area (Å²) in [5.41, 5.74) is 0.324. The van der Waals surface area contributed by atoms with E-state index in [2.05, 4.69) is 15.7 Å². The predicted molar refractivity (Wildman–Crippen MR) is 66.3 cm³/mol. The fraction of sp³-hybridized carbons (Fsp3) is 0.600. The molecule has 0 aliphatic heterocycles. The number of likely N-dealkylation sites (N-methyl/N-ethyl adjacent to an activating group) is 1. The van der Waals surface area contributed by atoms with Crippen molar-refractivity contribution < 1.29 is 0 Å². The SMILES string of the molecule is CNCCNc1cnn(C(C)C)c(=O)c1Cl. The molecule has 0 aliphatic carbocycles. The fourth-order valence-corrected chi connectivity index (χ4v) is 1.46. The van der Waals surface area contributed by atoms with Crippen LogP contribution in [0.1, 0.15) is 19.9 Å². The molecule has 90 valence electrons. The predicted octanol–water partition coefficient (Wildman–Crippen LogP) is 1.11. The minimum atomic E-state index is -0.258. The van der Waals surface area contributed by atoms with Crippen LogP contribution in [-0.2, 0) is 0 Å². The van der Waals surface area contributed by atoms with E-state index in [1.165, 1.54) is 4.68 Å². The molecule has 16 heavy (non-hydrogen) atoms. The van der Waals surface area contributed by atoms with Gasteiger partial charge in [-0.05, 0) is 20.9 Å². The molecule has 6 heteroatoms. The van der Waals surface area contributed by atoms with Gasteiger partial charge in [-0.1, -0.05) is 11.6 Å². The first-order chi connectivity index (χ1) is 7.57. The lowest BCUT2D eigenvalue weighted by molar-refractivity contribution is 0.503. The molecule has 1 rings (SSSR count).